The van der Waals surface area contributed by atoms with Gasteiger partial charge in [0.05, 0.1) is 17.8 Å². The second kappa shape index (κ2) is 6.34. The van der Waals surface area contributed by atoms with Gasteiger partial charge in [0, 0.05) is 11.1 Å². The van der Waals surface area contributed by atoms with Crippen LogP contribution in [0.2, 0.25) is 0 Å². The van der Waals surface area contributed by atoms with Crippen LogP contribution < -0.4 is 0 Å². The molecule has 0 aliphatic carbocycles. The Morgan fingerprint density at radius 2 is 1.78 bits per heavy atom. The lowest BCUT2D eigenvalue weighted by molar-refractivity contribution is -0.136. The fourth-order valence-electron chi connectivity index (χ4n) is 2.32. The predicted molar refractivity (Wildman–Crippen MR) is 88.0 cm³/mol. The zero-order chi connectivity index (χ0) is 16.4. The van der Waals surface area contributed by atoms with E-state index in [2.05, 4.69) is 21.0 Å². The van der Waals surface area contributed by atoms with E-state index in [9.17, 15) is 9.18 Å². The molecule has 1 heterocycles. The average molecular weight is 375 g/mol. The topological polar surface area (TPSA) is 55.1 Å². The summed E-state index contributed by atoms with van der Waals surface area (Å²) < 4.78 is 15.3. The molecule has 1 aromatic heterocycles. The number of halogens is 2. The summed E-state index contributed by atoms with van der Waals surface area (Å²) in [5.41, 5.74) is 2.54. The highest BCUT2D eigenvalue weighted by atomic mass is 79.9. The molecular weight excluding hydrogens is 363 g/mol. The summed E-state index contributed by atoms with van der Waals surface area (Å²) in [6, 6.07) is 15.2. The average Bonchev–Trinajstić information content (AvgIpc) is 2.86. The van der Waals surface area contributed by atoms with E-state index in [0.29, 0.717) is 21.4 Å². The van der Waals surface area contributed by atoms with Crippen LogP contribution in [0.3, 0.4) is 0 Å². The number of aliphatic carboxylic acids is 1. The van der Waals surface area contributed by atoms with Gasteiger partial charge in [-0.1, -0.05) is 18.2 Å². The smallest absolute Gasteiger partial charge is 0.308 e. The molecule has 23 heavy (non-hydrogen) atoms. The molecule has 0 saturated carbocycles. The molecule has 0 radical (unpaired) electrons. The maximum Gasteiger partial charge on any atom is 0.308 e. The van der Waals surface area contributed by atoms with Crippen molar-refractivity contribution in [1.29, 1.82) is 0 Å². The van der Waals surface area contributed by atoms with Gasteiger partial charge >= 0.3 is 5.97 Å². The first-order valence-electron chi connectivity index (χ1n) is 6.87. The van der Waals surface area contributed by atoms with Gasteiger partial charge in [0.15, 0.2) is 0 Å². The molecule has 116 valence electrons. The van der Waals surface area contributed by atoms with Crippen LogP contribution in [0.4, 0.5) is 4.39 Å². The lowest BCUT2D eigenvalue weighted by Crippen LogP contribution is -2.01. The van der Waals surface area contributed by atoms with E-state index >= 15 is 0 Å². The van der Waals surface area contributed by atoms with Crippen molar-refractivity contribution in [2.75, 3.05) is 0 Å². The van der Waals surface area contributed by atoms with E-state index in [1.165, 1.54) is 12.1 Å². The molecule has 4 nitrogen and oxygen atoms in total. The Morgan fingerprint density at radius 3 is 2.39 bits per heavy atom. The summed E-state index contributed by atoms with van der Waals surface area (Å²) in [4.78, 5) is 11.2. The Balaban J connectivity index is 2.17. The van der Waals surface area contributed by atoms with E-state index in [-0.39, 0.29) is 12.2 Å². The monoisotopic (exact) mass is 374 g/mol. The molecule has 6 heteroatoms. The Kier molecular flexibility index (Phi) is 4.25. The number of carbonyl (C=O) groups is 1. The highest BCUT2D eigenvalue weighted by Gasteiger charge is 2.20. The predicted octanol–water partition coefficient (Wildman–Crippen LogP) is 4.07. The van der Waals surface area contributed by atoms with Crippen molar-refractivity contribution < 1.29 is 14.3 Å². The Labute approximate surface area is 140 Å². The SMILES string of the molecule is O=C(O)Cc1c(-c2ccc(F)cc2)nn(-c2ccccc2)c1Br. The third-order valence-corrected chi connectivity index (χ3v) is 4.18. The summed E-state index contributed by atoms with van der Waals surface area (Å²) in [5.74, 6) is -1.31. The normalized spacial score (nSPS) is 10.7. The molecule has 0 aliphatic rings. The van der Waals surface area contributed by atoms with Gasteiger partial charge in [-0.05, 0) is 52.3 Å². The van der Waals surface area contributed by atoms with Crippen molar-refractivity contribution in [3.63, 3.8) is 0 Å². The maximum atomic E-state index is 13.1. The van der Waals surface area contributed by atoms with Crippen LogP contribution in [0.1, 0.15) is 5.56 Å². The Morgan fingerprint density at radius 1 is 1.13 bits per heavy atom. The number of carboxylic acid groups (broad SMARTS) is 1. The number of carboxylic acids is 1. The zero-order valence-corrected chi connectivity index (χ0v) is 13.5. The third kappa shape index (κ3) is 3.17. The molecule has 3 rings (SSSR count). The first-order chi connectivity index (χ1) is 11.1. The van der Waals surface area contributed by atoms with Crippen LogP contribution in [0.25, 0.3) is 16.9 Å². The maximum absolute atomic E-state index is 13.1. The quantitative estimate of drug-likeness (QED) is 0.748. The van der Waals surface area contributed by atoms with Gasteiger partial charge < -0.3 is 5.11 Å². The van der Waals surface area contributed by atoms with Crippen LogP contribution in [0.5, 0.6) is 0 Å². The first kappa shape index (κ1) is 15.4. The number of hydrogen-bond acceptors (Lipinski definition) is 2. The lowest BCUT2D eigenvalue weighted by atomic mass is 10.1. The van der Waals surface area contributed by atoms with Crippen molar-refractivity contribution in [3.05, 3.63) is 70.6 Å². The molecule has 0 aliphatic heterocycles. The highest BCUT2D eigenvalue weighted by Crippen LogP contribution is 2.31. The van der Waals surface area contributed by atoms with Crippen LogP contribution in [-0.4, -0.2) is 20.9 Å². The molecule has 0 bridgehead atoms. The Bertz CT molecular complexity index is 845. The number of hydrogen-bond donors (Lipinski definition) is 1. The van der Waals surface area contributed by atoms with Gasteiger partial charge in [0.2, 0.25) is 0 Å². The molecule has 2 aromatic carbocycles. The minimum absolute atomic E-state index is 0.180. The van der Waals surface area contributed by atoms with Crippen molar-refractivity contribution >= 4 is 21.9 Å². The highest BCUT2D eigenvalue weighted by molar-refractivity contribution is 9.10. The van der Waals surface area contributed by atoms with Gasteiger partial charge in [-0.15, -0.1) is 0 Å². The number of rotatable bonds is 4. The number of benzene rings is 2. The van der Waals surface area contributed by atoms with Crippen molar-refractivity contribution in [1.82, 2.24) is 9.78 Å². The summed E-state index contributed by atoms with van der Waals surface area (Å²) in [5, 5.41) is 13.7. The van der Waals surface area contributed by atoms with Crippen molar-refractivity contribution in [3.8, 4) is 16.9 Å². The van der Waals surface area contributed by atoms with E-state index in [1.54, 1.807) is 16.8 Å². The van der Waals surface area contributed by atoms with Gasteiger partial charge in [-0.25, -0.2) is 9.07 Å². The largest absolute Gasteiger partial charge is 0.481 e. The van der Waals surface area contributed by atoms with E-state index in [1.807, 2.05) is 30.3 Å². The summed E-state index contributed by atoms with van der Waals surface area (Å²) in [6.45, 7) is 0. The molecule has 1 N–H and O–H groups in total. The number of aromatic nitrogens is 2. The molecule has 0 spiro atoms. The molecule has 0 atom stereocenters. The van der Waals surface area contributed by atoms with Crippen LogP contribution in [0, 0.1) is 5.82 Å². The first-order valence-corrected chi connectivity index (χ1v) is 7.66. The zero-order valence-electron chi connectivity index (χ0n) is 11.9. The van der Waals surface area contributed by atoms with Gasteiger partial charge in [-0.3, -0.25) is 4.79 Å². The van der Waals surface area contributed by atoms with E-state index in [4.69, 9.17) is 5.11 Å². The fourth-order valence-corrected chi connectivity index (χ4v) is 2.93. The van der Waals surface area contributed by atoms with Gasteiger partial charge in [0.1, 0.15) is 10.4 Å². The third-order valence-electron chi connectivity index (χ3n) is 3.37. The number of nitrogens with zero attached hydrogens (tertiary/aromatic N) is 2. The van der Waals surface area contributed by atoms with Crippen molar-refractivity contribution in [2.24, 2.45) is 0 Å². The van der Waals surface area contributed by atoms with E-state index < -0.39 is 5.97 Å². The standard InChI is InChI=1S/C17H12BrFN2O2/c18-17-14(10-15(22)23)16(11-6-8-12(19)9-7-11)20-21(17)13-4-2-1-3-5-13/h1-9H,10H2,(H,22,23). The molecule has 0 fully saturated rings. The van der Waals surface area contributed by atoms with Crippen LogP contribution >= 0.6 is 15.9 Å². The second-order valence-electron chi connectivity index (χ2n) is 4.94. The van der Waals surface area contributed by atoms with E-state index in [0.717, 1.165) is 5.69 Å². The van der Waals surface area contributed by atoms with Crippen LogP contribution in [0.15, 0.2) is 59.2 Å². The summed E-state index contributed by atoms with van der Waals surface area (Å²) in [7, 11) is 0. The lowest BCUT2D eigenvalue weighted by Gasteiger charge is -2.02. The molecule has 3 aromatic rings. The minimum atomic E-state index is -0.957. The molecular formula is C17H12BrFN2O2. The molecule has 0 amide bonds. The minimum Gasteiger partial charge on any atom is -0.481 e. The second-order valence-corrected chi connectivity index (χ2v) is 5.69. The van der Waals surface area contributed by atoms with Gasteiger partial charge in [-0.2, -0.15) is 5.10 Å². The van der Waals surface area contributed by atoms with Crippen molar-refractivity contribution in [2.45, 2.75) is 6.42 Å². The van der Waals surface area contributed by atoms with Crippen LogP contribution in [-0.2, 0) is 11.2 Å². The fraction of sp³-hybridized carbons (Fsp3) is 0.0588. The summed E-state index contributed by atoms with van der Waals surface area (Å²) in [6.07, 6.45) is -0.180. The summed E-state index contributed by atoms with van der Waals surface area (Å²) >= 11 is 3.44. The number of para-hydroxylation sites is 1. The Hall–Kier alpha value is -2.47. The molecule has 0 saturated heterocycles. The van der Waals surface area contributed by atoms with Gasteiger partial charge in [0.25, 0.3) is 0 Å². The molecule has 0 unspecified atom stereocenters.